The zero-order chi connectivity index (χ0) is 21.6. The monoisotopic (exact) mass is 530 g/mol. The fourth-order valence-electron chi connectivity index (χ4n) is 3.10. The van der Waals surface area contributed by atoms with Gasteiger partial charge < -0.3 is 10.6 Å². The van der Waals surface area contributed by atoms with Gasteiger partial charge in [-0.1, -0.05) is 12.1 Å². The Kier molecular flexibility index (Phi) is 15.7. The molecule has 11 heteroatoms. The molecule has 0 radical (unpaired) electrons. The quantitative estimate of drug-likeness (QED) is 0.312. The molecular formula is C20H31Cl5N6. The standard InChI is InChI=1S/C20H30Cl4N6.ClH/c21-5-11-29(12-6-22)15-9-25-19-17-3-1-2-4-18(17)27-20(28-19)26-10-16-30(13-7-23)14-8-24;/h1-4H,5-16H2,(H2,25,26,27,28);1H. The predicted molar refractivity (Wildman–Crippen MR) is 140 cm³/mol. The van der Waals surface area contributed by atoms with Crippen LogP contribution in [0.3, 0.4) is 0 Å². The maximum Gasteiger partial charge on any atom is 0.225 e. The Morgan fingerprint density at radius 2 is 1.19 bits per heavy atom. The Hall–Kier alpha value is -0.470. The van der Waals surface area contributed by atoms with Crippen molar-refractivity contribution in [2.75, 3.05) is 86.5 Å². The number of aromatic nitrogens is 2. The van der Waals surface area contributed by atoms with Crippen LogP contribution in [0.15, 0.2) is 24.3 Å². The van der Waals surface area contributed by atoms with E-state index < -0.39 is 0 Å². The van der Waals surface area contributed by atoms with E-state index in [1.807, 2.05) is 24.3 Å². The Morgan fingerprint density at radius 3 is 1.74 bits per heavy atom. The van der Waals surface area contributed by atoms with Gasteiger partial charge >= 0.3 is 0 Å². The normalized spacial score (nSPS) is 11.2. The van der Waals surface area contributed by atoms with Crippen LogP contribution in [0.1, 0.15) is 0 Å². The van der Waals surface area contributed by atoms with Crippen LogP contribution >= 0.6 is 58.8 Å². The topological polar surface area (TPSA) is 56.3 Å². The summed E-state index contributed by atoms with van der Waals surface area (Å²) in [7, 11) is 0. The Morgan fingerprint density at radius 1 is 0.677 bits per heavy atom. The molecule has 0 unspecified atom stereocenters. The largest absolute Gasteiger partial charge is 0.368 e. The number of halogens is 5. The average Bonchev–Trinajstić information content (AvgIpc) is 2.74. The number of rotatable bonds is 16. The van der Waals surface area contributed by atoms with Gasteiger partial charge in [0.25, 0.3) is 0 Å². The minimum Gasteiger partial charge on any atom is -0.368 e. The highest BCUT2D eigenvalue weighted by Gasteiger charge is 2.09. The molecule has 0 bridgehead atoms. The maximum atomic E-state index is 5.88. The lowest BCUT2D eigenvalue weighted by molar-refractivity contribution is 0.319. The van der Waals surface area contributed by atoms with Crippen molar-refractivity contribution in [3.05, 3.63) is 24.3 Å². The molecule has 6 nitrogen and oxygen atoms in total. The first-order chi connectivity index (χ1) is 14.7. The van der Waals surface area contributed by atoms with E-state index >= 15 is 0 Å². The Labute approximate surface area is 211 Å². The van der Waals surface area contributed by atoms with Crippen molar-refractivity contribution in [1.29, 1.82) is 0 Å². The van der Waals surface area contributed by atoms with Crippen LogP contribution in [-0.2, 0) is 0 Å². The molecule has 2 aromatic rings. The highest BCUT2D eigenvalue weighted by molar-refractivity contribution is 6.18. The van der Waals surface area contributed by atoms with E-state index in [-0.39, 0.29) is 12.4 Å². The smallest absolute Gasteiger partial charge is 0.225 e. The first-order valence-corrected chi connectivity index (χ1v) is 12.3. The molecule has 2 rings (SSSR count). The molecule has 0 atom stereocenters. The number of nitrogens with zero attached hydrogens (tertiary/aromatic N) is 4. The van der Waals surface area contributed by atoms with Crippen LogP contribution in [-0.4, -0.2) is 95.6 Å². The summed E-state index contributed by atoms with van der Waals surface area (Å²) in [6.45, 7) is 6.36. The summed E-state index contributed by atoms with van der Waals surface area (Å²) in [6, 6.07) is 8.00. The van der Waals surface area contributed by atoms with Crippen LogP contribution in [0.4, 0.5) is 11.8 Å². The van der Waals surface area contributed by atoms with Gasteiger partial charge in [-0.3, -0.25) is 9.80 Å². The van der Waals surface area contributed by atoms with Crippen LogP contribution in [0.5, 0.6) is 0 Å². The van der Waals surface area contributed by atoms with Crippen LogP contribution in [0.25, 0.3) is 10.9 Å². The van der Waals surface area contributed by atoms with Crippen LogP contribution in [0, 0.1) is 0 Å². The molecule has 176 valence electrons. The molecule has 1 aromatic carbocycles. The minimum atomic E-state index is 0. The Bertz CT molecular complexity index is 726. The highest BCUT2D eigenvalue weighted by atomic mass is 35.5. The molecule has 0 saturated heterocycles. The molecular weight excluding hydrogens is 502 g/mol. The van der Waals surface area contributed by atoms with Crippen molar-refractivity contribution in [2.24, 2.45) is 0 Å². The van der Waals surface area contributed by atoms with E-state index in [1.165, 1.54) is 0 Å². The van der Waals surface area contributed by atoms with Gasteiger partial charge in [0, 0.05) is 81.3 Å². The van der Waals surface area contributed by atoms with E-state index in [0.717, 1.165) is 62.5 Å². The van der Waals surface area contributed by atoms with Gasteiger partial charge in [-0.05, 0) is 12.1 Å². The summed E-state index contributed by atoms with van der Waals surface area (Å²) in [5, 5.41) is 7.78. The molecule has 1 heterocycles. The van der Waals surface area contributed by atoms with E-state index in [4.69, 9.17) is 51.4 Å². The molecule has 0 aliphatic carbocycles. The second-order valence-corrected chi connectivity index (χ2v) is 8.22. The van der Waals surface area contributed by atoms with Crippen molar-refractivity contribution in [2.45, 2.75) is 0 Å². The highest BCUT2D eigenvalue weighted by Crippen LogP contribution is 2.21. The molecule has 0 amide bonds. The van der Waals surface area contributed by atoms with Gasteiger partial charge in [0.2, 0.25) is 5.95 Å². The minimum absolute atomic E-state index is 0. The second kappa shape index (κ2) is 17.1. The summed E-state index contributed by atoms with van der Waals surface area (Å²) >= 11 is 23.5. The third-order valence-corrected chi connectivity index (χ3v) is 5.31. The van der Waals surface area contributed by atoms with Crippen molar-refractivity contribution in [1.82, 2.24) is 19.8 Å². The third kappa shape index (κ3) is 10.3. The van der Waals surface area contributed by atoms with Crippen LogP contribution < -0.4 is 10.6 Å². The molecule has 1 aromatic heterocycles. The molecule has 0 aliphatic heterocycles. The van der Waals surface area contributed by atoms with Gasteiger partial charge in [0.15, 0.2) is 0 Å². The summed E-state index contributed by atoms with van der Waals surface area (Å²) in [4.78, 5) is 13.8. The van der Waals surface area contributed by atoms with Crippen molar-refractivity contribution in [3.8, 4) is 0 Å². The van der Waals surface area contributed by atoms with Gasteiger partial charge in [-0.15, -0.1) is 58.8 Å². The van der Waals surface area contributed by atoms with Gasteiger partial charge in [0.05, 0.1) is 5.52 Å². The molecule has 0 fully saturated rings. The van der Waals surface area contributed by atoms with Crippen molar-refractivity contribution in [3.63, 3.8) is 0 Å². The van der Waals surface area contributed by atoms with Crippen molar-refractivity contribution >= 4 is 81.5 Å². The van der Waals surface area contributed by atoms with Crippen molar-refractivity contribution < 1.29 is 0 Å². The first kappa shape index (κ1) is 28.6. The van der Waals surface area contributed by atoms with E-state index in [0.29, 0.717) is 36.0 Å². The van der Waals surface area contributed by atoms with Gasteiger partial charge in [0.1, 0.15) is 5.82 Å². The average molecular weight is 533 g/mol. The molecule has 31 heavy (non-hydrogen) atoms. The maximum absolute atomic E-state index is 5.88. The molecule has 0 aliphatic rings. The number of benzene rings is 1. The summed E-state index contributed by atoms with van der Waals surface area (Å²) in [6.07, 6.45) is 0. The molecule has 0 saturated carbocycles. The zero-order valence-corrected chi connectivity index (χ0v) is 21.3. The molecule has 2 N–H and O–H groups in total. The van der Waals surface area contributed by atoms with Gasteiger partial charge in [-0.2, -0.15) is 4.98 Å². The second-order valence-electron chi connectivity index (χ2n) is 6.71. The SMILES string of the molecule is Cl.ClCCN(CCCl)CCNc1nc(NCCN(CCCl)CCCl)c2ccccc2n1. The van der Waals surface area contributed by atoms with E-state index in [9.17, 15) is 0 Å². The summed E-state index contributed by atoms with van der Waals surface area (Å²) in [5.74, 6) is 3.77. The Balaban J connectivity index is 0.00000480. The number of alkyl halides is 4. The number of hydrogen-bond acceptors (Lipinski definition) is 6. The summed E-state index contributed by atoms with van der Waals surface area (Å²) in [5.41, 5.74) is 0.897. The number of anilines is 2. The lowest BCUT2D eigenvalue weighted by atomic mass is 10.2. The van der Waals surface area contributed by atoms with Crippen LogP contribution in [0.2, 0.25) is 0 Å². The number of fused-ring (bicyclic) bond motifs is 1. The lowest BCUT2D eigenvalue weighted by Crippen LogP contribution is -2.33. The van der Waals surface area contributed by atoms with E-state index in [2.05, 4.69) is 25.4 Å². The number of nitrogens with one attached hydrogen (secondary N) is 2. The fourth-order valence-corrected chi connectivity index (χ4v) is 4.05. The number of para-hydroxylation sites is 1. The third-order valence-electron chi connectivity index (χ3n) is 4.64. The molecule has 0 spiro atoms. The lowest BCUT2D eigenvalue weighted by Gasteiger charge is -2.21. The fraction of sp³-hybridized carbons (Fsp3) is 0.600. The predicted octanol–water partition coefficient (Wildman–Crippen LogP) is 4.43. The van der Waals surface area contributed by atoms with E-state index in [1.54, 1.807) is 0 Å². The summed E-state index contributed by atoms with van der Waals surface area (Å²) < 4.78 is 0. The first-order valence-electron chi connectivity index (χ1n) is 10.1. The zero-order valence-electron chi connectivity index (χ0n) is 17.5. The van der Waals surface area contributed by atoms with Gasteiger partial charge in [-0.25, -0.2) is 4.98 Å². The number of hydrogen-bond donors (Lipinski definition) is 2.